The van der Waals surface area contributed by atoms with Crippen LogP contribution in [0.25, 0.3) is 0 Å². The van der Waals surface area contributed by atoms with E-state index < -0.39 is 4.92 Å². The van der Waals surface area contributed by atoms with Gasteiger partial charge in [-0.25, -0.2) is 0 Å². The van der Waals surface area contributed by atoms with Crippen molar-refractivity contribution in [3.63, 3.8) is 0 Å². The average molecular weight is 85.0 g/mol. The van der Waals surface area contributed by atoms with Gasteiger partial charge in [-0.3, -0.25) is 10.1 Å². The van der Waals surface area contributed by atoms with Crippen LogP contribution in [-0.4, -0.2) is 41.5 Å². The van der Waals surface area contributed by atoms with Gasteiger partial charge in [0.15, 0.2) is 7.05 Å². The first-order valence-corrected chi connectivity index (χ1v) is 0.812. The molecule has 0 unspecified atom stereocenters. The van der Waals surface area contributed by atoms with Crippen LogP contribution < -0.4 is 0 Å². The molecule has 0 aliphatic carbocycles. The van der Waals surface area contributed by atoms with Gasteiger partial charge in [0, 0.05) is 4.92 Å². The molecule has 0 aliphatic heterocycles. The zero-order valence-corrected chi connectivity index (χ0v) is 2.26. The zero-order valence-electron chi connectivity index (χ0n) is 2.26. The molecule has 0 atom stereocenters. The molecule has 0 spiro atoms. The fraction of sp³-hybridized carbons (Fsp3) is 1.00. The molecule has 0 aliphatic rings. The van der Waals surface area contributed by atoms with Crippen molar-refractivity contribution in [3.8, 4) is 0 Å². The van der Waals surface area contributed by atoms with E-state index in [1.165, 1.54) is 0 Å². The maximum absolute atomic E-state index is 8.81. The van der Waals surface area contributed by atoms with Crippen molar-refractivity contribution in [2.24, 2.45) is 0 Å². The van der Waals surface area contributed by atoms with Gasteiger partial charge in [-0.1, -0.05) is 0 Å². The van der Waals surface area contributed by atoms with Crippen LogP contribution in [0.15, 0.2) is 0 Å². The fourth-order valence-electron chi connectivity index (χ4n) is 0. The van der Waals surface area contributed by atoms with E-state index in [2.05, 4.69) is 0 Å². The maximum atomic E-state index is 8.81. The summed E-state index contributed by atoms with van der Waals surface area (Å²) in [5.74, 6) is 0. The molecule has 0 aromatic rings. The number of hydrogen-bond acceptors (Lipinski definition) is 2. The number of nitro groups is 1. The number of nitrogens with zero attached hydrogens (tertiary/aromatic N) is 1. The van der Waals surface area contributed by atoms with Gasteiger partial charge in [-0.05, 0) is 0 Å². The van der Waals surface area contributed by atoms with Gasteiger partial charge in [-0.2, -0.15) is 0 Å². The SMILES string of the molecule is C[N+](=O)[O-].[NaH]. The molecular weight excluding hydrogens is 81.0 g/mol. The molecule has 0 fully saturated rings. The molecule has 5 heavy (non-hydrogen) atoms. The fourth-order valence-corrected chi connectivity index (χ4v) is 0. The topological polar surface area (TPSA) is 43.1 Å². The molecule has 4 heteroatoms. The molecule has 26 valence electrons. The Bertz CT molecular complexity index is 32.6. The molecule has 0 aromatic carbocycles. The predicted molar refractivity (Wildman–Crippen MR) is 20.1 cm³/mol. The van der Waals surface area contributed by atoms with Gasteiger partial charge in [0.2, 0.25) is 0 Å². The van der Waals surface area contributed by atoms with Crippen LogP contribution in [0.3, 0.4) is 0 Å². The molecule has 0 bridgehead atoms. The van der Waals surface area contributed by atoms with Gasteiger partial charge in [-0.15, -0.1) is 0 Å². The van der Waals surface area contributed by atoms with Crippen molar-refractivity contribution in [3.05, 3.63) is 10.1 Å². The summed E-state index contributed by atoms with van der Waals surface area (Å²) in [6, 6.07) is 0. The summed E-state index contributed by atoms with van der Waals surface area (Å²) >= 11 is 0. The third-order valence-corrected chi connectivity index (χ3v) is 0. The second-order valence-corrected chi connectivity index (χ2v) is 0.440. The van der Waals surface area contributed by atoms with Crippen LogP contribution in [0.5, 0.6) is 0 Å². The van der Waals surface area contributed by atoms with E-state index in [0.717, 1.165) is 7.05 Å². The first kappa shape index (κ1) is 9.04. The van der Waals surface area contributed by atoms with Crippen molar-refractivity contribution >= 4 is 29.6 Å². The molecule has 0 N–H and O–H groups in total. The molecule has 0 saturated carbocycles. The second kappa shape index (κ2) is 4.40. The van der Waals surface area contributed by atoms with E-state index in [4.69, 9.17) is 10.1 Å². The molecule has 0 radical (unpaired) electrons. The quantitative estimate of drug-likeness (QED) is 0.220. The summed E-state index contributed by atoms with van der Waals surface area (Å²) in [6.07, 6.45) is 0. The van der Waals surface area contributed by atoms with Crippen LogP contribution in [0.1, 0.15) is 0 Å². The Kier molecular flexibility index (Phi) is 7.96. The standard InChI is InChI=1S/CH3NO2.Na.H/c1-2(3)4;;/h1H3;;. The van der Waals surface area contributed by atoms with Crippen LogP contribution >= 0.6 is 0 Å². The Morgan fingerprint density at radius 1 is 1.80 bits per heavy atom. The Labute approximate surface area is 51.8 Å². The first-order valence-electron chi connectivity index (χ1n) is 0.812. The predicted octanol–water partition coefficient (Wildman–Crippen LogP) is -0.756. The Morgan fingerprint density at radius 3 is 1.80 bits per heavy atom. The molecule has 3 nitrogen and oxygen atoms in total. The van der Waals surface area contributed by atoms with Gasteiger partial charge < -0.3 is 0 Å². The van der Waals surface area contributed by atoms with E-state index in [9.17, 15) is 0 Å². The zero-order chi connectivity index (χ0) is 3.58. The first-order chi connectivity index (χ1) is 1.73. The van der Waals surface area contributed by atoms with Crippen molar-refractivity contribution in [1.82, 2.24) is 0 Å². The van der Waals surface area contributed by atoms with Gasteiger partial charge in [0.25, 0.3) is 0 Å². The van der Waals surface area contributed by atoms with E-state index >= 15 is 0 Å². The van der Waals surface area contributed by atoms with Gasteiger partial charge in [0.1, 0.15) is 0 Å². The summed E-state index contributed by atoms with van der Waals surface area (Å²) in [6.45, 7) is 0. The summed E-state index contributed by atoms with van der Waals surface area (Å²) < 4.78 is 0. The third kappa shape index (κ3) is 158. The minimum absolute atomic E-state index is 0. The normalized spacial score (nSPS) is 5.00. The third-order valence-electron chi connectivity index (χ3n) is 0. The van der Waals surface area contributed by atoms with E-state index in [0.29, 0.717) is 0 Å². The van der Waals surface area contributed by atoms with Crippen LogP contribution in [-0.2, 0) is 0 Å². The van der Waals surface area contributed by atoms with Crippen molar-refractivity contribution in [2.45, 2.75) is 0 Å². The summed E-state index contributed by atoms with van der Waals surface area (Å²) in [5, 5.41) is 8.81. The summed E-state index contributed by atoms with van der Waals surface area (Å²) in [4.78, 5) is 8.31. The number of hydrogen-bond donors (Lipinski definition) is 0. The van der Waals surface area contributed by atoms with Crippen LogP contribution in [0.2, 0.25) is 0 Å². The van der Waals surface area contributed by atoms with E-state index in [1.54, 1.807) is 0 Å². The van der Waals surface area contributed by atoms with Crippen molar-refractivity contribution in [1.29, 1.82) is 0 Å². The molecule has 0 aromatic heterocycles. The van der Waals surface area contributed by atoms with E-state index in [-0.39, 0.29) is 29.6 Å². The average Bonchev–Trinajstić information content (AvgIpc) is 0.811. The van der Waals surface area contributed by atoms with Crippen molar-refractivity contribution in [2.75, 3.05) is 7.05 Å². The molecule has 0 heterocycles. The minimum atomic E-state index is -0.500. The summed E-state index contributed by atoms with van der Waals surface area (Å²) in [5.41, 5.74) is 0. The Hall–Kier alpha value is 0.400. The van der Waals surface area contributed by atoms with Crippen LogP contribution in [0, 0.1) is 10.1 Å². The van der Waals surface area contributed by atoms with E-state index in [1.807, 2.05) is 0 Å². The molecular formula is CH4NNaO2. The van der Waals surface area contributed by atoms with Gasteiger partial charge >= 0.3 is 29.6 Å². The number of rotatable bonds is 0. The van der Waals surface area contributed by atoms with Crippen molar-refractivity contribution < 1.29 is 4.92 Å². The molecule has 0 rings (SSSR count). The van der Waals surface area contributed by atoms with Crippen LogP contribution in [0.4, 0.5) is 0 Å². The molecule has 0 amide bonds. The Morgan fingerprint density at radius 2 is 1.80 bits per heavy atom. The second-order valence-electron chi connectivity index (χ2n) is 0.440. The monoisotopic (exact) mass is 85.0 g/mol. The van der Waals surface area contributed by atoms with Gasteiger partial charge in [0.05, 0.1) is 0 Å². The molecule has 0 saturated heterocycles. The Balaban J connectivity index is 0. The summed E-state index contributed by atoms with van der Waals surface area (Å²) in [7, 11) is 0.889.